The van der Waals surface area contributed by atoms with Gasteiger partial charge >= 0.3 is 0 Å². The van der Waals surface area contributed by atoms with Gasteiger partial charge in [0.05, 0.1) is 5.56 Å². The summed E-state index contributed by atoms with van der Waals surface area (Å²) in [6, 6.07) is 6.61. The molecule has 0 bridgehead atoms. The van der Waals surface area contributed by atoms with Crippen molar-refractivity contribution in [3.8, 4) is 34.3 Å². The third-order valence-corrected chi connectivity index (χ3v) is 6.35. The molecule has 0 atom stereocenters. The number of aromatic hydroxyl groups is 4. The van der Waals surface area contributed by atoms with Crippen LogP contribution >= 0.6 is 0 Å². The summed E-state index contributed by atoms with van der Waals surface area (Å²) in [6.45, 7) is 10.1. The molecule has 0 spiro atoms. The SMILES string of the molecule is CC=C(C)CCC(=C(C)CCC=C(C)C)c1c(-c2ccc(O)c(O)c2)oc2cc(O)cc(O)c2c1=O. The molecule has 0 unspecified atom stereocenters. The molecule has 6 nitrogen and oxygen atoms in total. The molecular formula is C30H34O6. The standard InChI is InChI=1S/C30H34O6/c1-6-18(4)10-12-22(19(5)9-7-8-17(2)3)27-29(35)28-25(34)15-21(31)16-26(28)36-30(27)20-11-13-23(32)24(33)14-20/h6,8,11,13-16,31-34H,7,9-10,12H2,1-5H3. The summed E-state index contributed by atoms with van der Waals surface area (Å²) in [4.78, 5) is 14.0. The number of hydrogen-bond donors (Lipinski definition) is 4. The Balaban J connectivity index is 2.39. The summed E-state index contributed by atoms with van der Waals surface area (Å²) in [5.41, 5.74) is 4.50. The molecule has 4 N–H and O–H groups in total. The summed E-state index contributed by atoms with van der Waals surface area (Å²) >= 11 is 0. The minimum absolute atomic E-state index is 0.0214. The van der Waals surface area contributed by atoms with Gasteiger partial charge in [0.15, 0.2) is 11.5 Å². The molecular weight excluding hydrogens is 456 g/mol. The quantitative estimate of drug-likeness (QED) is 0.192. The Morgan fingerprint density at radius 2 is 1.61 bits per heavy atom. The van der Waals surface area contributed by atoms with Gasteiger partial charge < -0.3 is 24.8 Å². The van der Waals surface area contributed by atoms with Crippen molar-refractivity contribution in [3.05, 3.63) is 75.0 Å². The van der Waals surface area contributed by atoms with Gasteiger partial charge in [-0.3, -0.25) is 4.79 Å². The van der Waals surface area contributed by atoms with Crippen LogP contribution in [0.4, 0.5) is 0 Å². The molecule has 190 valence electrons. The highest BCUT2D eigenvalue weighted by molar-refractivity contribution is 5.92. The Morgan fingerprint density at radius 1 is 0.889 bits per heavy atom. The number of fused-ring (bicyclic) bond motifs is 1. The first-order valence-corrected chi connectivity index (χ1v) is 12.0. The Morgan fingerprint density at radius 3 is 2.25 bits per heavy atom. The van der Waals surface area contributed by atoms with Crippen molar-refractivity contribution in [3.63, 3.8) is 0 Å². The fraction of sp³-hybridized carbons (Fsp3) is 0.300. The molecule has 0 aliphatic carbocycles. The average Bonchev–Trinajstić information content (AvgIpc) is 2.80. The van der Waals surface area contributed by atoms with Crippen LogP contribution in [0.2, 0.25) is 0 Å². The van der Waals surface area contributed by atoms with E-state index in [4.69, 9.17) is 4.42 Å². The molecule has 6 heteroatoms. The third kappa shape index (κ3) is 5.82. The van der Waals surface area contributed by atoms with Gasteiger partial charge in [0, 0.05) is 17.7 Å². The summed E-state index contributed by atoms with van der Waals surface area (Å²) in [6.07, 6.45) is 7.03. The maximum Gasteiger partial charge on any atom is 0.204 e. The molecule has 0 saturated heterocycles. The third-order valence-electron chi connectivity index (χ3n) is 6.35. The van der Waals surface area contributed by atoms with Gasteiger partial charge in [0.2, 0.25) is 5.43 Å². The predicted octanol–water partition coefficient (Wildman–Crippen LogP) is 7.55. The van der Waals surface area contributed by atoms with Gasteiger partial charge in [0.25, 0.3) is 0 Å². The van der Waals surface area contributed by atoms with Gasteiger partial charge in [0.1, 0.15) is 28.2 Å². The smallest absolute Gasteiger partial charge is 0.204 e. The van der Waals surface area contributed by atoms with Crippen LogP contribution in [0.5, 0.6) is 23.0 Å². The Hall–Kier alpha value is -3.93. The zero-order valence-electron chi connectivity index (χ0n) is 21.5. The summed E-state index contributed by atoms with van der Waals surface area (Å²) in [5.74, 6) is -1.06. The fourth-order valence-corrected chi connectivity index (χ4v) is 4.17. The maximum absolute atomic E-state index is 14.0. The lowest BCUT2D eigenvalue weighted by Crippen LogP contribution is -2.12. The van der Waals surface area contributed by atoms with Crippen molar-refractivity contribution >= 4 is 16.5 Å². The van der Waals surface area contributed by atoms with Gasteiger partial charge in [-0.05, 0) is 84.1 Å². The molecule has 0 fully saturated rings. The first kappa shape index (κ1) is 26.7. The van der Waals surface area contributed by atoms with E-state index in [2.05, 4.69) is 6.08 Å². The lowest BCUT2D eigenvalue weighted by Gasteiger charge is -2.17. The second-order valence-corrected chi connectivity index (χ2v) is 9.39. The van der Waals surface area contributed by atoms with E-state index in [1.54, 1.807) is 6.07 Å². The van der Waals surface area contributed by atoms with E-state index < -0.39 is 5.43 Å². The van der Waals surface area contributed by atoms with E-state index in [0.717, 1.165) is 36.5 Å². The van der Waals surface area contributed by atoms with E-state index in [0.29, 0.717) is 17.5 Å². The van der Waals surface area contributed by atoms with Crippen molar-refractivity contribution in [1.82, 2.24) is 0 Å². The van der Waals surface area contributed by atoms with Crippen LogP contribution in [0.15, 0.2) is 68.4 Å². The number of phenols is 4. The minimum Gasteiger partial charge on any atom is -0.508 e. The lowest BCUT2D eigenvalue weighted by molar-refractivity contribution is 0.404. The second-order valence-electron chi connectivity index (χ2n) is 9.39. The van der Waals surface area contributed by atoms with Gasteiger partial charge in [-0.2, -0.15) is 0 Å². The topological polar surface area (TPSA) is 111 Å². The molecule has 0 aliphatic rings. The van der Waals surface area contributed by atoms with Crippen molar-refractivity contribution in [2.24, 2.45) is 0 Å². The maximum atomic E-state index is 14.0. The van der Waals surface area contributed by atoms with Gasteiger partial charge in [-0.1, -0.05) is 28.9 Å². The van der Waals surface area contributed by atoms with Crippen LogP contribution in [-0.4, -0.2) is 20.4 Å². The number of phenolic OH excluding ortho intramolecular Hbond substituents is 4. The number of hydrogen-bond acceptors (Lipinski definition) is 6. The number of rotatable bonds is 8. The Kier molecular flexibility index (Phi) is 8.30. The van der Waals surface area contributed by atoms with Gasteiger partial charge in [-0.25, -0.2) is 0 Å². The Labute approximate surface area is 211 Å². The highest BCUT2D eigenvalue weighted by Crippen LogP contribution is 2.40. The highest BCUT2D eigenvalue weighted by Gasteiger charge is 2.24. The van der Waals surface area contributed by atoms with Crippen LogP contribution in [0, 0.1) is 0 Å². The number of allylic oxidation sites excluding steroid dienone is 6. The van der Waals surface area contributed by atoms with E-state index in [9.17, 15) is 25.2 Å². The molecule has 0 radical (unpaired) electrons. The molecule has 0 amide bonds. The Bertz CT molecular complexity index is 1430. The molecule has 1 heterocycles. The predicted molar refractivity (Wildman–Crippen MR) is 145 cm³/mol. The molecule has 3 rings (SSSR count). The monoisotopic (exact) mass is 490 g/mol. The average molecular weight is 491 g/mol. The van der Waals surface area contributed by atoms with E-state index in [1.165, 1.54) is 29.3 Å². The van der Waals surface area contributed by atoms with Crippen molar-refractivity contribution < 1.29 is 24.8 Å². The largest absolute Gasteiger partial charge is 0.508 e. The zero-order chi connectivity index (χ0) is 26.6. The fourth-order valence-electron chi connectivity index (χ4n) is 4.17. The molecule has 1 aromatic heterocycles. The van der Waals surface area contributed by atoms with Crippen LogP contribution in [0.1, 0.15) is 65.9 Å². The lowest BCUT2D eigenvalue weighted by atomic mass is 9.89. The molecule has 0 aliphatic heterocycles. The first-order chi connectivity index (χ1) is 17.0. The van der Waals surface area contributed by atoms with Crippen LogP contribution < -0.4 is 5.43 Å². The van der Waals surface area contributed by atoms with E-state index in [1.807, 2.05) is 40.7 Å². The molecule has 2 aromatic carbocycles. The summed E-state index contributed by atoms with van der Waals surface area (Å²) in [5, 5.41) is 40.6. The van der Waals surface area contributed by atoms with E-state index >= 15 is 0 Å². The molecule has 0 saturated carbocycles. The second kappa shape index (κ2) is 11.2. The van der Waals surface area contributed by atoms with Crippen LogP contribution in [0.3, 0.4) is 0 Å². The van der Waals surface area contributed by atoms with Gasteiger partial charge in [-0.15, -0.1) is 0 Å². The van der Waals surface area contributed by atoms with Crippen LogP contribution in [-0.2, 0) is 0 Å². The zero-order valence-corrected chi connectivity index (χ0v) is 21.5. The summed E-state index contributed by atoms with van der Waals surface area (Å²) < 4.78 is 6.15. The number of benzene rings is 2. The highest BCUT2D eigenvalue weighted by atomic mass is 16.3. The normalized spacial score (nSPS) is 12.5. The van der Waals surface area contributed by atoms with E-state index in [-0.39, 0.29) is 39.7 Å². The molecule has 3 aromatic rings. The van der Waals surface area contributed by atoms with Crippen molar-refractivity contribution in [2.45, 2.75) is 60.3 Å². The summed E-state index contributed by atoms with van der Waals surface area (Å²) in [7, 11) is 0. The van der Waals surface area contributed by atoms with Crippen molar-refractivity contribution in [2.75, 3.05) is 0 Å². The minimum atomic E-state index is -0.425. The van der Waals surface area contributed by atoms with Crippen molar-refractivity contribution in [1.29, 1.82) is 0 Å². The first-order valence-electron chi connectivity index (χ1n) is 12.0. The van der Waals surface area contributed by atoms with Crippen LogP contribution in [0.25, 0.3) is 27.9 Å². The molecule has 36 heavy (non-hydrogen) atoms.